The molecule has 2 nitrogen and oxygen atoms in total. The molecule has 3 unspecified atom stereocenters. The van der Waals surface area contributed by atoms with Crippen LogP contribution in [-0.4, -0.2) is 46.7 Å². The van der Waals surface area contributed by atoms with Gasteiger partial charge in [0.2, 0.25) is 0 Å². The first-order valence-electron chi connectivity index (χ1n) is 5.77. The summed E-state index contributed by atoms with van der Waals surface area (Å²) < 4.78 is 0. The second-order valence-corrected chi connectivity index (χ2v) is 5.75. The Balaban J connectivity index is 1.89. The molecule has 0 amide bonds. The number of rotatable bonds is 2. The Hall–Kier alpha value is 0.270. The summed E-state index contributed by atoms with van der Waals surface area (Å²) in [7, 11) is 2.20. The van der Waals surface area contributed by atoms with Crippen LogP contribution in [0.15, 0.2) is 0 Å². The third-order valence-electron chi connectivity index (χ3n) is 3.68. The van der Waals surface area contributed by atoms with Crippen molar-refractivity contribution in [1.82, 2.24) is 4.90 Å². The smallest absolute Gasteiger partial charge is 0.0695 e. The molecule has 1 aliphatic heterocycles. The first-order chi connectivity index (χ1) is 6.79. The van der Waals surface area contributed by atoms with E-state index >= 15 is 0 Å². The molecule has 2 rings (SSSR count). The molecular weight excluding hydrogens is 194 g/mol. The minimum atomic E-state index is -0.0630. The van der Waals surface area contributed by atoms with Gasteiger partial charge in [-0.15, -0.1) is 0 Å². The second-order valence-electron chi connectivity index (χ2n) is 4.60. The van der Waals surface area contributed by atoms with Gasteiger partial charge in [0.1, 0.15) is 0 Å². The van der Waals surface area contributed by atoms with E-state index in [9.17, 15) is 5.11 Å². The summed E-state index contributed by atoms with van der Waals surface area (Å²) in [6, 6.07) is 1.16. The molecule has 82 valence electrons. The van der Waals surface area contributed by atoms with E-state index in [0.717, 1.165) is 6.42 Å². The molecule has 3 atom stereocenters. The molecule has 2 fully saturated rings. The summed E-state index contributed by atoms with van der Waals surface area (Å²) in [5.74, 6) is 2.59. The van der Waals surface area contributed by atoms with Gasteiger partial charge in [-0.05, 0) is 44.9 Å². The van der Waals surface area contributed by atoms with E-state index in [0.29, 0.717) is 12.1 Å². The van der Waals surface area contributed by atoms with Gasteiger partial charge in [-0.1, -0.05) is 0 Å². The Morgan fingerprint density at radius 1 is 1.21 bits per heavy atom. The molecular formula is C11H21NOS. The van der Waals surface area contributed by atoms with E-state index in [1.54, 1.807) is 0 Å². The fraction of sp³-hybridized carbons (Fsp3) is 1.00. The number of hydrogen-bond donors (Lipinski definition) is 1. The Morgan fingerprint density at radius 2 is 2.07 bits per heavy atom. The fourth-order valence-corrected chi connectivity index (χ4v) is 3.92. The van der Waals surface area contributed by atoms with E-state index in [2.05, 4.69) is 23.7 Å². The zero-order valence-corrected chi connectivity index (χ0v) is 9.80. The number of aliphatic hydroxyl groups excluding tert-OH is 1. The highest BCUT2D eigenvalue weighted by molar-refractivity contribution is 7.99. The number of hydrogen-bond acceptors (Lipinski definition) is 3. The molecule has 0 radical (unpaired) electrons. The van der Waals surface area contributed by atoms with Crippen molar-refractivity contribution in [1.29, 1.82) is 0 Å². The predicted octanol–water partition coefficient (Wildman–Crippen LogP) is 1.73. The standard InChI is InChI=1S/C11H21NOS/c1-12(9-4-3-7-14-8-9)10-5-2-6-11(10)13/h9-11,13H,2-8H2,1H3. The summed E-state index contributed by atoms with van der Waals surface area (Å²) in [6.45, 7) is 0. The summed E-state index contributed by atoms with van der Waals surface area (Å²) >= 11 is 2.07. The van der Waals surface area contributed by atoms with Crippen LogP contribution in [0.25, 0.3) is 0 Å². The van der Waals surface area contributed by atoms with Crippen molar-refractivity contribution in [3.05, 3.63) is 0 Å². The highest BCUT2D eigenvalue weighted by atomic mass is 32.2. The summed E-state index contributed by atoms with van der Waals surface area (Å²) in [4.78, 5) is 2.45. The van der Waals surface area contributed by atoms with E-state index in [4.69, 9.17) is 0 Å². The van der Waals surface area contributed by atoms with Crippen molar-refractivity contribution >= 4 is 11.8 Å². The van der Waals surface area contributed by atoms with Crippen molar-refractivity contribution in [2.45, 2.75) is 50.3 Å². The normalized spacial score (nSPS) is 39.2. The molecule has 0 aromatic rings. The molecule has 1 saturated carbocycles. The molecule has 1 N–H and O–H groups in total. The summed E-state index contributed by atoms with van der Waals surface area (Å²) in [5.41, 5.74) is 0. The van der Waals surface area contributed by atoms with Gasteiger partial charge in [-0.3, -0.25) is 4.90 Å². The Labute approximate surface area is 91.1 Å². The van der Waals surface area contributed by atoms with Gasteiger partial charge in [-0.25, -0.2) is 0 Å². The molecule has 0 spiro atoms. The molecule has 14 heavy (non-hydrogen) atoms. The minimum Gasteiger partial charge on any atom is -0.391 e. The number of thioether (sulfide) groups is 1. The monoisotopic (exact) mass is 215 g/mol. The lowest BCUT2D eigenvalue weighted by atomic mass is 10.1. The Morgan fingerprint density at radius 3 is 2.64 bits per heavy atom. The Bertz CT molecular complexity index is 182. The maximum absolute atomic E-state index is 9.84. The summed E-state index contributed by atoms with van der Waals surface area (Å²) in [5, 5.41) is 9.84. The molecule has 0 aromatic carbocycles. The van der Waals surface area contributed by atoms with E-state index in [1.165, 1.54) is 37.2 Å². The van der Waals surface area contributed by atoms with Crippen LogP contribution < -0.4 is 0 Å². The topological polar surface area (TPSA) is 23.5 Å². The first kappa shape index (κ1) is 10.8. The average molecular weight is 215 g/mol. The molecule has 1 heterocycles. The minimum absolute atomic E-state index is 0.0630. The SMILES string of the molecule is CN(C1CCCSC1)C1CCCC1O. The van der Waals surface area contributed by atoms with Gasteiger partial charge >= 0.3 is 0 Å². The van der Waals surface area contributed by atoms with Gasteiger partial charge in [0, 0.05) is 17.8 Å². The van der Waals surface area contributed by atoms with Crippen LogP contribution in [0, 0.1) is 0 Å². The highest BCUT2D eigenvalue weighted by Crippen LogP contribution is 2.28. The molecule has 0 aromatic heterocycles. The third-order valence-corrected chi connectivity index (χ3v) is 4.88. The molecule has 1 saturated heterocycles. The van der Waals surface area contributed by atoms with Gasteiger partial charge in [0.15, 0.2) is 0 Å². The van der Waals surface area contributed by atoms with Crippen molar-refractivity contribution in [3.63, 3.8) is 0 Å². The zero-order valence-electron chi connectivity index (χ0n) is 8.98. The lowest BCUT2D eigenvalue weighted by Crippen LogP contribution is -2.46. The molecule has 3 heteroatoms. The summed E-state index contributed by atoms with van der Waals surface area (Å²) in [6.07, 6.45) is 6.02. The van der Waals surface area contributed by atoms with Crippen LogP contribution in [0.1, 0.15) is 32.1 Å². The second kappa shape index (κ2) is 4.86. The zero-order chi connectivity index (χ0) is 9.97. The van der Waals surface area contributed by atoms with Crippen LogP contribution in [0.2, 0.25) is 0 Å². The van der Waals surface area contributed by atoms with Crippen molar-refractivity contribution in [2.75, 3.05) is 18.6 Å². The van der Waals surface area contributed by atoms with Crippen molar-refractivity contribution in [3.8, 4) is 0 Å². The van der Waals surface area contributed by atoms with Gasteiger partial charge in [0.05, 0.1) is 6.10 Å². The van der Waals surface area contributed by atoms with Gasteiger partial charge in [-0.2, -0.15) is 11.8 Å². The van der Waals surface area contributed by atoms with E-state index in [-0.39, 0.29) is 6.10 Å². The van der Waals surface area contributed by atoms with Gasteiger partial charge in [0.25, 0.3) is 0 Å². The van der Waals surface area contributed by atoms with Crippen molar-refractivity contribution < 1.29 is 5.11 Å². The molecule has 1 aliphatic carbocycles. The van der Waals surface area contributed by atoms with Crippen LogP contribution in [0.5, 0.6) is 0 Å². The van der Waals surface area contributed by atoms with Crippen LogP contribution in [0.3, 0.4) is 0 Å². The first-order valence-corrected chi connectivity index (χ1v) is 6.92. The predicted molar refractivity (Wildman–Crippen MR) is 61.8 cm³/mol. The maximum atomic E-state index is 9.84. The number of nitrogens with zero attached hydrogens (tertiary/aromatic N) is 1. The molecule has 0 bridgehead atoms. The van der Waals surface area contributed by atoms with Crippen LogP contribution in [0.4, 0.5) is 0 Å². The van der Waals surface area contributed by atoms with Crippen molar-refractivity contribution in [2.24, 2.45) is 0 Å². The largest absolute Gasteiger partial charge is 0.391 e. The van der Waals surface area contributed by atoms with Crippen LogP contribution in [-0.2, 0) is 0 Å². The quantitative estimate of drug-likeness (QED) is 0.759. The maximum Gasteiger partial charge on any atom is 0.0695 e. The molecule has 2 aliphatic rings. The number of aliphatic hydroxyl groups is 1. The average Bonchev–Trinajstić information content (AvgIpc) is 2.65. The highest BCUT2D eigenvalue weighted by Gasteiger charge is 2.32. The Kier molecular flexibility index (Phi) is 3.74. The lowest BCUT2D eigenvalue weighted by molar-refractivity contribution is 0.0638. The fourth-order valence-electron chi connectivity index (χ4n) is 2.71. The third kappa shape index (κ3) is 2.26. The van der Waals surface area contributed by atoms with E-state index in [1.807, 2.05) is 0 Å². The lowest BCUT2D eigenvalue weighted by Gasteiger charge is -2.36. The van der Waals surface area contributed by atoms with Crippen LogP contribution >= 0.6 is 11.8 Å². The number of likely N-dealkylation sites (N-methyl/N-ethyl adjacent to an activating group) is 1. The van der Waals surface area contributed by atoms with E-state index < -0.39 is 0 Å². The van der Waals surface area contributed by atoms with Gasteiger partial charge < -0.3 is 5.11 Å².